The van der Waals surface area contributed by atoms with Crippen molar-refractivity contribution in [2.45, 2.75) is 25.6 Å². The molecule has 0 saturated carbocycles. The molecule has 0 aromatic heterocycles. The molecule has 2 N–H and O–H groups in total. The van der Waals surface area contributed by atoms with Gasteiger partial charge in [-0.3, -0.25) is 4.90 Å². The van der Waals surface area contributed by atoms with Gasteiger partial charge in [0.15, 0.2) is 0 Å². The van der Waals surface area contributed by atoms with E-state index in [2.05, 4.69) is 83.3 Å². The minimum atomic E-state index is 0.0740. The zero-order valence-corrected chi connectivity index (χ0v) is 13.5. The van der Waals surface area contributed by atoms with Crippen molar-refractivity contribution in [1.82, 2.24) is 4.90 Å². The van der Waals surface area contributed by atoms with Crippen molar-refractivity contribution in [2.24, 2.45) is 5.73 Å². The van der Waals surface area contributed by atoms with E-state index in [1.165, 1.54) is 11.1 Å². The van der Waals surface area contributed by atoms with Crippen molar-refractivity contribution in [1.29, 1.82) is 0 Å². The number of likely N-dealkylation sites (N-methyl/N-ethyl adjacent to an activating group) is 1. The lowest BCUT2D eigenvalue weighted by atomic mass is 9.99. The van der Waals surface area contributed by atoms with E-state index >= 15 is 0 Å². The van der Waals surface area contributed by atoms with Crippen LogP contribution in [0, 0.1) is 0 Å². The highest BCUT2D eigenvalue weighted by molar-refractivity contribution is 9.10. The molecule has 0 aliphatic rings. The number of nitrogens with zero attached hydrogens (tertiary/aromatic N) is 1. The topological polar surface area (TPSA) is 29.3 Å². The fraction of sp³-hybridized carbons (Fsp3) is 0.294. The third kappa shape index (κ3) is 3.92. The molecule has 2 rings (SSSR count). The molecule has 0 fully saturated rings. The molecule has 2 aromatic rings. The van der Waals surface area contributed by atoms with Crippen LogP contribution in [0.5, 0.6) is 0 Å². The van der Waals surface area contributed by atoms with Gasteiger partial charge in [-0.2, -0.15) is 0 Å². The number of rotatable bonds is 5. The van der Waals surface area contributed by atoms with E-state index in [0.717, 1.165) is 11.0 Å². The molecule has 0 bridgehead atoms. The quantitative estimate of drug-likeness (QED) is 0.897. The summed E-state index contributed by atoms with van der Waals surface area (Å²) in [6.45, 7) is 2.96. The van der Waals surface area contributed by atoms with E-state index in [-0.39, 0.29) is 12.1 Å². The molecule has 0 aliphatic carbocycles. The first-order chi connectivity index (χ1) is 9.58. The number of hydrogen-bond acceptors (Lipinski definition) is 2. The van der Waals surface area contributed by atoms with Crippen LogP contribution in [0.4, 0.5) is 0 Å². The number of halogens is 1. The summed E-state index contributed by atoms with van der Waals surface area (Å²) in [4.78, 5) is 2.31. The largest absolute Gasteiger partial charge is 0.326 e. The van der Waals surface area contributed by atoms with Gasteiger partial charge in [-0.15, -0.1) is 0 Å². The second-order valence-electron chi connectivity index (χ2n) is 5.26. The Kier molecular flexibility index (Phi) is 5.35. The zero-order chi connectivity index (χ0) is 14.5. The van der Waals surface area contributed by atoms with E-state index in [0.29, 0.717) is 0 Å². The van der Waals surface area contributed by atoms with Gasteiger partial charge in [0.2, 0.25) is 0 Å². The average molecular weight is 333 g/mol. The van der Waals surface area contributed by atoms with Gasteiger partial charge < -0.3 is 5.73 Å². The number of benzene rings is 2. The lowest BCUT2D eigenvalue weighted by molar-refractivity contribution is 0.211. The van der Waals surface area contributed by atoms with Crippen molar-refractivity contribution in [3.8, 4) is 0 Å². The normalized spacial score (nSPS) is 14.2. The summed E-state index contributed by atoms with van der Waals surface area (Å²) in [6.07, 6.45) is 0. The third-order valence-electron chi connectivity index (χ3n) is 3.46. The van der Waals surface area contributed by atoms with Gasteiger partial charge in [0.05, 0.1) is 0 Å². The second kappa shape index (κ2) is 7.02. The summed E-state index contributed by atoms with van der Waals surface area (Å²) in [5.41, 5.74) is 8.76. The molecule has 2 atom stereocenters. The molecule has 3 heteroatoms. The van der Waals surface area contributed by atoms with Crippen molar-refractivity contribution in [3.05, 3.63) is 70.2 Å². The molecule has 0 saturated heterocycles. The highest BCUT2D eigenvalue weighted by Crippen LogP contribution is 2.25. The van der Waals surface area contributed by atoms with E-state index in [4.69, 9.17) is 5.73 Å². The summed E-state index contributed by atoms with van der Waals surface area (Å²) in [7, 11) is 2.13. The Morgan fingerprint density at radius 1 is 1.05 bits per heavy atom. The predicted molar refractivity (Wildman–Crippen MR) is 88.4 cm³/mol. The predicted octanol–water partition coefficient (Wildman–Crippen LogP) is 3.97. The van der Waals surface area contributed by atoms with Crippen LogP contribution in [0.2, 0.25) is 0 Å². The van der Waals surface area contributed by atoms with Crippen LogP contribution in [0.25, 0.3) is 0 Å². The molecule has 2 aromatic carbocycles. The van der Waals surface area contributed by atoms with Crippen LogP contribution in [0.3, 0.4) is 0 Å². The van der Waals surface area contributed by atoms with Gasteiger partial charge in [-0.1, -0.05) is 58.4 Å². The minimum Gasteiger partial charge on any atom is -0.326 e. The molecule has 0 aliphatic heterocycles. The second-order valence-corrected chi connectivity index (χ2v) is 6.17. The summed E-state index contributed by atoms with van der Waals surface area (Å²) >= 11 is 3.48. The molecule has 0 radical (unpaired) electrons. The fourth-order valence-corrected chi connectivity index (χ4v) is 2.85. The maximum absolute atomic E-state index is 6.21. The summed E-state index contributed by atoms with van der Waals surface area (Å²) in [6, 6.07) is 19.2. The lowest BCUT2D eigenvalue weighted by Gasteiger charge is -2.31. The Balaban J connectivity index is 2.18. The van der Waals surface area contributed by atoms with Crippen LogP contribution in [-0.4, -0.2) is 18.0 Å². The molecule has 106 valence electrons. The third-order valence-corrected chi connectivity index (χ3v) is 3.99. The Bertz CT molecular complexity index is 522. The minimum absolute atomic E-state index is 0.0740. The first-order valence-electron chi connectivity index (χ1n) is 6.83. The number of hydrogen-bond donors (Lipinski definition) is 1. The Labute approximate surface area is 129 Å². The van der Waals surface area contributed by atoms with Gasteiger partial charge in [0, 0.05) is 23.1 Å². The molecule has 0 heterocycles. The van der Waals surface area contributed by atoms with Crippen LogP contribution in [0.1, 0.15) is 24.1 Å². The maximum Gasteiger partial charge on any atom is 0.0496 e. The molecule has 0 spiro atoms. The fourth-order valence-electron chi connectivity index (χ4n) is 2.59. The van der Waals surface area contributed by atoms with Crippen LogP contribution in [0.15, 0.2) is 59.1 Å². The average Bonchev–Trinajstić information content (AvgIpc) is 2.42. The van der Waals surface area contributed by atoms with Crippen LogP contribution < -0.4 is 5.73 Å². The maximum atomic E-state index is 6.21. The van der Waals surface area contributed by atoms with E-state index in [1.54, 1.807) is 0 Å². The van der Waals surface area contributed by atoms with Gasteiger partial charge in [-0.25, -0.2) is 0 Å². The standard InChI is InChI=1S/C17H21BrN2/c1-13(19)17(15-8-10-16(18)11-9-15)20(2)12-14-6-4-3-5-7-14/h3-11,13,17H,12,19H2,1-2H3. The first-order valence-corrected chi connectivity index (χ1v) is 7.62. The van der Waals surface area contributed by atoms with Crippen molar-refractivity contribution < 1.29 is 0 Å². The Morgan fingerprint density at radius 3 is 2.20 bits per heavy atom. The van der Waals surface area contributed by atoms with Crippen molar-refractivity contribution in [3.63, 3.8) is 0 Å². The van der Waals surface area contributed by atoms with Gasteiger partial charge in [0.1, 0.15) is 0 Å². The molecule has 0 amide bonds. The van der Waals surface area contributed by atoms with E-state index < -0.39 is 0 Å². The first kappa shape index (κ1) is 15.2. The van der Waals surface area contributed by atoms with Crippen molar-refractivity contribution in [2.75, 3.05) is 7.05 Å². The molecular weight excluding hydrogens is 312 g/mol. The zero-order valence-electron chi connectivity index (χ0n) is 12.0. The van der Waals surface area contributed by atoms with Crippen molar-refractivity contribution >= 4 is 15.9 Å². The van der Waals surface area contributed by atoms with Crippen LogP contribution in [-0.2, 0) is 6.54 Å². The molecule has 2 unspecified atom stereocenters. The Hall–Kier alpha value is -1.16. The smallest absolute Gasteiger partial charge is 0.0496 e. The molecule has 2 nitrogen and oxygen atoms in total. The molecular formula is C17H21BrN2. The Morgan fingerprint density at radius 2 is 1.65 bits per heavy atom. The van der Waals surface area contributed by atoms with E-state index in [1.807, 2.05) is 6.07 Å². The monoisotopic (exact) mass is 332 g/mol. The van der Waals surface area contributed by atoms with E-state index in [9.17, 15) is 0 Å². The summed E-state index contributed by atoms with van der Waals surface area (Å²) in [5, 5.41) is 0. The SMILES string of the molecule is CC(N)C(c1ccc(Br)cc1)N(C)Cc1ccccc1. The summed E-state index contributed by atoms with van der Waals surface area (Å²) in [5.74, 6) is 0. The van der Waals surface area contributed by atoms with Gasteiger partial charge in [0.25, 0.3) is 0 Å². The lowest BCUT2D eigenvalue weighted by Crippen LogP contribution is -2.36. The highest BCUT2D eigenvalue weighted by atomic mass is 79.9. The number of nitrogens with two attached hydrogens (primary N) is 1. The highest BCUT2D eigenvalue weighted by Gasteiger charge is 2.21. The molecule has 20 heavy (non-hydrogen) atoms. The van der Waals surface area contributed by atoms with Gasteiger partial charge >= 0.3 is 0 Å². The van der Waals surface area contributed by atoms with Gasteiger partial charge in [-0.05, 0) is 37.2 Å². The summed E-state index contributed by atoms with van der Waals surface area (Å²) < 4.78 is 1.09. The van der Waals surface area contributed by atoms with Crippen LogP contribution >= 0.6 is 15.9 Å².